The van der Waals surface area contributed by atoms with E-state index in [1.807, 2.05) is 13.8 Å². The minimum absolute atomic E-state index is 0.592. The molecule has 2 N–H and O–H groups in total. The molecule has 1 aromatic rings. The zero-order chi connectivity index (χ0) is 11.4. The van der Waals surface area contributed by atoms with Crippen molar-refractivity contribution < 1.29 is 4.79 Å². The molecule has 0 spiro atoms. The second-order valence-corrected chi connectivity index (χ2v) is 3.21. The molecule has 0 bridgehead atoms. The van der Waals surface area contributed by atoms with Crippen LogP contribution in [0.15, 0.2) is 12.1 Å². The number of aryl methyl sites for hydroxylation is 2. The molecule has 0 aliphatic rings. The maximum atomic E-state index is 10.5. The van der Waals surface area contributed by atoms with Crippen LogP contribution in [0.2, 0.25) is 0 Å². The van der Waals surface area contributed by atoms with Gasteiger partial charge in [0.2, 0.25) is 0 Å². The van der Waals surface area contributed by atoms with Crippen molar-refractivity contribution in [2.45, 2.75) is 13.8 Å². The quantitative estimate of drug-likeness (QED) is 0.632. The molecular formula is C12H10N2O. The van der Waals surface area contributed by atoms with Gasteiger partial charge in [-0.1, -0.05) is 5.92 Å². The Bertz CT molecular complexity index is 490. The number of carbonyl (C=O) groups excluding carboxylic acids is 1. The highest BCUT2D eigenvalue weighted by atomic mass is 16.1. The summed E-state index contributed by atoms with van der Waals surface area (Å²) < 4.78 is 0. The normalized spacial score (nSPS) is 8.60. The van der Waals surface area contributed by atoms with Crippen LogP contribution < -0.4 is 5.73 Å². The van der Waals surface area contributed by atoms with Crippen molar-refractivity contribution in [3.8, 4) is 17.9 Å². The predicted molar refractivity (Wildman–Crippen MR) is 56.7 cm³/mol. The zero-order valence-electron chi connectivity index (χ0n) is 8.59. The molecule has 74 valence electrons. The van der Waals surface area contributed by atoms with E-state index in [4.69, 9.17) is 11.0 Å². The van der Waals surface area contributed by atoms with E-state index in [-0.39, 0.29) is 0 Å². The number of rotatable bonds is 0. The first-order chi connectivity index (χ1) is 7.04. The molecule has 3 heteroatoms. The molecule has 1 aromatic carbocycles. The molecular weight excluding hydrogens is 188 g/mol. The third-order valence-electron chi connectivity index (χ3n) is 1.97. The number of hydrogen-bond donors (Lipinski definition) is 1. The van der Waals surface area contributed by atoms with Gasteiger partial charge in [0.05, 0.1) is 11.6 Å². The summed E-state index contributed by atoms with van der Waals surface area (Å²) in [5, 5.41) is 8.74. The van der Waals surface area contributed by atoms with Crippen molar-refractivity contribution in [2.24, 2.45) is 5.73 Å². The monoisotopic (exact) mass is 198 g/mol. The van der Waals surface area contributed by atoms with Crippen molar-refractivity contribution in [2.75, 3.05) is 0 Å². The molecule has 1 rings (SSSR count). The maximum absolute atomic E-state index is 10.5. The molecule has 0 radical (unpaired) electrons. The van der Waals surface area contributed by atoms with Gasteiger partial charge in [0.25, 0.3) is 5.91 Å². The second-order valence-electron chi connectivity index (χ2n) is 3.21. The molecule has 0 unspecified atom stereocenters. The van der Waals surface area contributed by atoms with Crippen LogP contribution in [0, 0.1) is 37.0 Å². The van der Waals surface area contributed by atoms with Crippen molar-refractivity contribution in [3.05, 3.63) is 34.4 Å². The molecule has 1 amide bonds. The molecule has 0 aromatic heterocycles. The first kappa shape index (κ1) is 10.8. The lowest BCUT2D eigenvalue weighted by Gasteiger charge is -2.03. The average molecular weight is 198 g/mol. The van der Waals surface area contributed by atoms with Crippen LogP contribution in [-0.4, -0.2) is 5.91 Å². The maximum Gasteiger partial charge on any atom is 0.293 e. The summed E-state index contributed by atoms with van der Waals surface area (Å²) in [6, 6.07) is 5.53. The van der Waals surface area contributed by atoms with E-state index in [2.05, 4.69) is 17.9 Å². The van der Waals surface area contributed by atoms with E-state index < -0.39 is 5.91 Å². The van der Waals surface area contributed by atoms with Crippen molar-refractivity contribution in [3.63, 3.8) is 0 Å². The van der Waals surface area contributed by atoms with E-state index in [9.17, 15) is 4.79 Å². The van der Waals surface area contributed by atoms with Gasteiger partial charge in [-0.25, -0.2) is 0 Å². The van der Waals surface area contributed by atoms with Gasteiger partial charge in [-0.2, -0.15) is 5.26 Å². The van der Waals surface area contributed by atoms with Crippen LogP contribution in [-0.2, 0) is 4.79 Å². The van der Waals surface area contributed by atoms with Gasteiger partial charge in [-0.3, -0.25) is 4.79 Å². The Morgan fingerprint density at radius 1 is 1.33 bits per heavy atom. The molecule has 15 heavy (non-hydrogen) atoms. The topological polar surface area (TPSA) is 66.9 Å². The lowest BCUT2D eigenvalue weighted by Crippen LogP contribution is -2.06. The Kier molecular flexibility index (Phi) is 3.10. The number of nitrogens with zero attached hydrogens (tertiary/aromatic N) is 1. The average Bonchev–Trinajstić information content (AvgIpc) is 2.15. The number of benzene rings is 1. The van der Waals surface area contributed by atoms with Crippen LogP contribution in [0.3, 0.4) is 0 Å². The summed E-state index contributed by atoms with van der Waals surface area (Å²) in [5.41, 5.74) is 8.03. The second kappa shape index (κ2) is 4.30. The Morgan fingerprint density at radius 3 is 2.27 bits per heavy atom. The number of amides is 1. The Morgan fingerprint density at radius 2 is 1.87 bits per heavy atom. The Hall–Kier alpha value is -2.26. The van der Waals surface area contributed by atoms with Crippen molar-refractivity contribution in [1.29, 1.82) is 5.26 Å². The predicted octanol–water partition coefficient (Wildman–Crippen LogP) is 1.01. The fourth-order valence-corrected chi connectivity index (χ4v) is 1.35. The SMILES string of the molecule is Cc1cc(C#N)cc(C)c1C#CC(N)=O. The molecule has 0 heterocycles. The minimum atomic E-state index is -0.654. The fourth-order valence-electron chi connectivity index (χ4n) is 1.35. The summed E-state index contributed by atoms with van der Waals surface area (Å²) in [6.07, 6.45) is 0. The van der Waals surface area contributed by atoms with Crippen LogP contribution in [0.4, 0.5) is 0 Å². The van der Waals surface area contributed by atoms with Gasteiger partial charge >= 0.3 is 0 Å². The van der Waals surface area contributed by atoms with Crippen LogP contribution in [0.25, 0.3) is 0 Å². The lowest BCUT2D eigenvalue weighted by molar-refractivity contribution is -0.112. The Balaban J connectivity index is 3.29. The van der Waals surface area contributed by atoms with E-state index >= 15 is 0 Å². The van der Waals surface area contributed by atoms with Gasteiger partial charge < -0.3 is 5.73 Å². The summed E-state index contributed by atoms with van der Waals surface area (Å²) in [7, 11) is 0. The van der Waals surface area contributed by atoms with E-state index in [1.165, 1.54) is 0 Å². The zero-order valence-corrected chi connectivity index (χ0v) is 8.59. The molecule has 0 saturated heterocycles. The highest BCUT2D eigenvalue weighted by Gasteiger charge is 2.02. The number of nitriles is 1. The first-order valence-corrected chi connectivity index (χ1v) is 4.37. The standard InChI is InChI=1S/C12H10N2O/c1-8-5-10(7-13)6-9(2)11(8)3-4-12(14)15/h5-6H,1-2H3,(H2,14,15). The largest absolute Gasteiger partial charge is 0.359 e. The molecule has 0 fully saturated rings. The number of primary amides is 1. The van der Waals surface area contributed by atoms with Crippen molar-refractivity contribution in [1.82, 2.24) is 0 Å². The van der Waals surface area contributed by atoms with Crippen LogP contribution >= 0.6 is 0 Å². The van der Waals surface area contributed by atoms with Crippen LogP contribution in [0.1, 0.15) is 22.3 Å². The van der Waals surface area contributed by atoms with Gasteiger partial charge in [0, 0.05) is 5.56 Å². The molecule has 3 nitrogen and oxygen atoms in total. The fraction of sp³-hybridized carbons (Fsp3) is 0.167. The lowest BCUT2D eigenvalue weighted by atomic mass is 10.0. The van der Waals surface area contributed by atoms with Gasteiger partial charge in [-0.15, -0.1) is 0 Å². The first-order valence-electron chi connectivity index (χ1n) is 4.37. The summed E-state index contributed by atoms with van der Waals surface area (Å²) in [4.78, 5) is 10.5. The van der Waals surface area contributed by atoms with Gasteiger partial charge in [0.1, 0.15) is 0 Å². The molecule has 0 saturated carbocycles. The minimum Gasteiger partial charge on any atom is -0.359 e. The summed E-state index contributed by atoms with van der Waals surface area (Å²) >= 11 is 0. The van der Waals surface area contributed by atoms with Gasteiger partial charge in [0.15, 0.2) is 0 Å². The smallest absolute Gasteiger partial charge is 0.293 e. The van der Waals surface area contributed by atoms with Crippen molar-refractivity contribution >= 4 is 5.91 Å². The van der Waals surface area contributed by atoms with E-state index in [0.29, 0.717) is 5.56 Å². The third-order valence-corrected chi connectivity index (χ3v) is 1.97. The highest BCUT2D eigenvalue weighted by molar-refractivity contribution is 5.92. The summed E-state index contributed by atoms with van der Waals surface area (Å²) in [5.74, 6) is 4.33. The van der Waals surface area contributed by atoms with Crippen LogP contribution in [0.5, 0.6) is 0 Å². The number of nitrogens with two attached hydrogens (primary N) is 1. The number of hydrogen-bond acceptors (Lipinski definition) is 2. The Labute approximate surface area is 88.5 Å². The van der Waals surface area contributed by atoms with Gasteiger partial charge in [-0.05, 0) is 43.0 Å². The molecule has 0 atom stereocenters. The third kappa shape index (κ3) is 2.59. The molecule has 0 aliphatic carbocycles. The summed E-state index contributed by atoms with van der Waals surface area (Å²) in [6.45, 7) is 3.69. The van der Waals surface area contributed by atoms with E-state index in [0.717, 1.165) is 16.7 Å². The highest BCUT2D eigenvalue weighted by Crippen LogP contribution is 2.14. The van der Waals surface area contributed by atoms with E-state index in [1.54, 1.807) is 12.1 Å². The molecule has 0 aliphatic heterocycles. The number of carbonyl (C=O) groups is 1.